The lowest BCUT2D eigenvalue weighted by atomic mass is 10.0. The molecule has 0 aliphatic heterocycles. The van der Waals surface area contributed by atoms with Crippen molar-refractivity contribution < 1.29 is 4.79 Å². The second-order valence-corrected chi connectivity index (χ2v) is 8.98. The molecular formula is C21H25N3O2S2. The van der Waals surface area contributed by atoms with Crippen molar-refractivity contribution in [1.29, 1.82) is 0 Å². The maximum absolute atomic E-state index is 12.4. The average Bonchev–Trinajstić information content (AvgIpc) is 2.96. The van der Waals surface area contributed by atoms with Crippen molar-refractivity contribution in [1.82, 2.24) is 15.3 Å². The third-order valence-corrected chi connectivity index (χ3v) is 6.72. The lowest BCUT2D eigenvalue weighted by molar-refractivity contribution is -0.119. The first kappa shape index (κ1) is 20.6. The molecule has 0 saturated heterocycles. The van der Waals surface area contributed by atoms with E-state index in [0.717, 1.165) is 33.7 Å². The van der Waals surface area contributed by atoms with E-state index in [9.17, 15) is 9.59 Å². The summed E-state index contributed by atoms with van der Waals surface area (Å²) in [5.74, 6) is 1.44. The summed E-state index contributed by atoms with van der Waals surface area (Å²) in [6.07, 6.45) is 1.90. The third kappa shape index (κ3) is 4.83. The van der Waals surface area contributed by atoms with Crippen LogP contribution in [0.4, 0.5) is 0 Å². The average molecular weight is 416 g/mol. The number of benzene rings is 1. The summed E-state index contributed by atoms with van der Waals surface area (Å²) in [6.45, 7) is 6.06. The number of fused-ring (bicyclic) bond motifs is 1. The van der Waals surface area contributed by atoms with E-state index in [4.69, 9.17) is 0 Å². The summed E-state index contributed by atoms with van der Waals surface area (Å²) in [7, 11) is 0. The molecule has 148 valence electrons. The van der Waals surface area contributed by atoms with E-state index in [-0.39, 0.29) is 17.5 Å². The Bertz CT molecular complexity index is 1010. The van der Waals surface area contributed by atoms with E-state index in [1.807, 2.05) is 44.2 Å². The highest BCUT2D eigenvalue weighted by molar-refractivity contribution is 7.99. The fraction of sp³-hybridized carbons (Fsp3) is 0.381. The van der Waals surface area contributed by atoms with Crippen LogP contribution in [0.3, 0.4) is 0 Å². The number of hydrogen-bond donors (Lipinski definition) is 2. The van der Waals surface area contributed by atoms with E-state index in [1.165, 1.54) is 23.1 Å². The van der Waals surface area contributed by atoms with Crippen LogP contribution in [0.2, 0.25) is 0 Å². The van der Waals surface area contributed by atoms with E-state index in [1.54, 1.807) is 0 Å². The Kier molecular flexibility index (Phi) is 6.91. The van der Waals surface area contributed by atoms with Gasteiger partial charge in [-0.2, -0.15) is 0 Å². The summed E-state index contributed by atoms with van der Waals surface area (Å²) in [6, 6.07) is 10.1. The van der Waals surface area contributed by atoms with Gasteiger partial charge in [0.1, 0.15) is 10.7 Å². The maximum Gasteiger partial charge on any atom is 0.259 e. The minimum atomic E-state index is -0.0982. The van der Waals surface area contributed by atoms with Crippen LogP contribution in [-0.4, -0.2) is 21.6 Å². The van der Waals surface area contributed by atoms with Crippen LogP contribution in [0, 0.1) is 13.8 Å². The molecular weight excluding hydrogens is 390 g/mol. The molecule has 0 aliphatic carbocycles. The number of carbonyl (C=O) groups is 1. The first-order valence-corrected chi connectivity index (χ1v) is 11.4. The van der Waals surface area contributed by atoms with E-state index >= 15 is 0 Å². The van der Waals surface area contributed by atoms with Crippen LogP contribution < -0.4 is 10.9 Å². The topological polar surface area (TPSA) is 74.8 Å². The molecule has 1 aromatic carbocycles. The number of thioether (sulfide) groups is 1. The Balaban J connectivity index is 1.59. The number of rotatable bonds is 8. The Hall–Kier alpha value is -2.12. The molecule has 3 aromatic rings. The second kappa shape index (κ2) is 9.39. The van der Waals surface area contributed by atoms with E-state index in [2.05, 4.69) is 22.2 Å². The minimum absolute atomic E-state index is 0.00135. The molecule has 1 amide bonds. The van der Waals surface area contributed by atoms with Crippen molar-refractivity contribution in [2.24, 2.45) is 0 Å². The summed E-state index contributed by atoms with van der Waals surface area (Å²) in [5, 5.41) is 3.80. The lowest BCUT2D eigenvalue weighted by Gasteiger charge is -2.18. The van der Waals surface area contributed by atoms with Gasteiger partial charge >= 0.3 is 0 Å². The predicted octanol–water partition coefficient (Wildman–Crippen LogP) is 4.49. The van der Waals surface area contributed by atoms with E-state index < -0.39 is 0 Å². The molecule has 7 heteroatoms. The molecule has 0 saturated carbocycles. The van der Waals surface area contributed by atoms with Gasteiger partial charge in [0.05, 0.1) is 22.9 Å². The molecule has 0 unspecified atom stereocenters. The van der Waals surface area contributed by atoms with Crippen LogP contribution in [0.15, 0.2) is 35.1 Å². The van der Waals surface area contributed by atoms with Crippen molar-refractivity contribution in [2.75, 3.05) is 5.75 Å². The summed E-state index contributed by atoms with van der Waals surface area (Å²) >= 11 is 3.00. The third-order valence-electron chi connectivity index (χ3n) is 4.67. The molecule has 0 bridgehead atoms. The molecule has 2 N–H and O–H groups in total. The van der Waals surface area contributed by atoms with Gasteiger partial charge in [-0.05, 0) is 31.4 Å². The van der Waals surface area contributed by atoms with Crippen molar-refractivity contribution in [2.45, 2.75) is 45.4 Å². The standard InChI is InChI=1S/C21H25N3O2S2/c1-4-8-16(15-9-6-5-7-10-15)22-18(25)12-27-11-17-23-20(26)19-13(2)14(3)28-21(19)24-17/h5-7,9-10,16H,4,8,11-12H2,1-3H3,(H,22,25)(H,23,24,26)/t16-/m1/s1. The molecule has 2 aromatic heterocycles. The summed E-state index contributed by atoms with van der Waals surface area (Å²) in [4.78, 5) is 34.0. The minimum Gasteiger partial charge on any atom is -0.349 e. The predicted molar refractivity (Wildman–Crippen MR) is 118 cm³/mol. The fourth-order valence-corrected chi connectivity index (χ4v) is 4.89. The van der Waals surface area contributed by atoms with Gasteiger partial charge in [-0.3, -0.25) is 9.59 Å². The molecule has 2 heterocycles. The zero-order valence-corrected chi connectivity index (χ0v) is 18.0. The van der Waals surface area contributed by atoms with Gasteiger partial charge < -0.3 is 10.3 Å². The van der Waals surface area contributed by atoms with Crippen LogP contribution in [-0.2, 0) is 10.5 Å². The number of nitrogens with zero attached hydrogens (tertiary/aromatic N) is 1. The molecule has 5 nitrogen and oxygen atoms in total. The first-order valence-electron chi connectivity index (χ1n) is 9.40. The summed E-state index contributed by atoms with van der Waals surface area (Å²) < 4.78 is 0. The summed E-state index contributed by atoms with van der Waals surface area (Å²) in [5.41, 5.74) is 2.02. The van der Waals surface area contributed by atoms with E-state index in [0.29, 0.717) is 22.7 Å². The highest BCUT2D eigenvalue weighted by Crippen LogP contribution is 2.26. The lowest BCUT2D eigenvalue weighted by Crippen LogP contribution is -2.30. The van der Waals surface area contributed by atoms with Crippen molar-refractivity contribution >= 4 is 39.2 Å². The molecule has 0 radical (unpaired) electrons. The van der Waals surface area contributed by atoms with Gasteiger partial charge in [-0.1, -0.05) is 43.7 Å². The zero-order valence-electron chi connectivity index (χ0n) is 16.4. The van der Waals surface area contributed by atoms with Crippen LogP contribution in [0.5, 0.6) is 0 Å². The second-order valence-electron chi connectivity index (χ2n) is 6.79. The highest BCUT2D eigenvalue weighted by atomic mass is 32.2. The molecule has 0 fully saturated rings. The SMILES string of the molecule is CCC[C@@H](NC(=O)CSCc1nc2sc(C)c(C)c2c(=O)[nH]1)c1ccccc1. The number of amides is 1. The van der Waals surface area contributed by atoms with Gasteiger partial charge in [0, 0.05) is 4.88 Å². The number of hydrogen-bond acceptors (Lipinski definition) is 5. The number of aromatic nitrogens is 2. The Morgan fingerprint density at radius 1 is 1.29 bits per heavy atom. The zero-order chi connectivity index (χ0) is 20.1. The monoisotopic (exact) mass is 415 g/mol. The molecule has 3 rings (SSSR count). The highest BCUT2D eigenvalue weighted by Gasteiger charge is 2.15. The number of H-pyrrole nitrogens is 1. The number of aryl methyl sites for hydroxylation is 2. The largest absolute Gasteiger partial charge is 0.349 e. The number of thiophene rings is 1. The van der Waals surface area contributed by atoms with Gasteiger partial charge in [0.2, 0.25) is 5.91 Å². The van der Waals surface area contributed by atoms with Crippen molar-refractivity contribution in [3.8, 4) is 0 Å². The van der Waals surface area contributed by atoms with Crippen LogP contribution in [0.1, 0.15) is 47.6 Å². The first-order chi connectivity index (χ1) is 13.5. The van der Waals surface area contributed by atoms with Gasteiger partial charge in [0.15, 0.2) is 0 Å². The van der Waals surface area contributed by atoms with Crippen molar-refractivity contribution in [3.63, 3.8) is 0 Å². The molecule has 1 atom stereocenters. The molecule has 28 heavy (non-hydrogen) atoms. The number of aromatic amines is 1. The quantitative estimate of drug-likeness (QED) is 0.568. The molecule has 0 aliphatic rings. The number of nitrogens with one attached hydrogen (secondary N) is 2. The Morgan fingerprint density at radius 2 is 2.04 bits per heavy atom. The van der Waals surface area contributed by atoms with Crippen LogP contribution in [0.25, 0.3) is 10.2 Å². The van der Waals surface area contributed by atoms with Gasteiger partial charge in [-0.15, -0.1) is 23.1 Å². The Morgan fingerprint density at radius 3 is 2.75 bits per heavy atom. The van der Waals surface area contributed by atoms with Gasteiger partial charge in [0.25, 0.3) is 5.56 Å². The normalized spacial score (nSPS) is 12.2. The Labute approximate surface area is 173 Å². The maximum atomic E-state index is 12.4. The van der Waals surface area contributed by atoms with Crippen molar-refractivity contribution in [3.05, 3.63) is 62.5 Å². The van der Waals surface area contributed by atoms with Gasteiger partial charge in [-0.25, -0.2) is 4.98 Å². The fourth-order valence-electron chi connectivity index (χ4n) is 3.14. The smallest absolute Gasteiger partial charge is 0.259 e. The van der Waals surface area contributed by atoms with Crippen LogP contribution >= 0.6 is 23.1 Å². The number of carbonyl (C=O) groups excluding carboxylic acids is 1. The molecule has 0 spiro atoms.